The Bertz CT molecular complexity index is 948. The molecule has 1 saturated heterocycles. The molecule has 0 aliphatic carbocycles. The van der Waals surface area contributed by atoms with Crippen LogP contribution in [0.25, 0.3) is 0 Å². The number of carbonyl (C=O) groups excluding carboxylic acids is 1. The Morgan fingerprint density at radius 1 is 1.07 bits per heavy atom. The van der Waals surface area contributed by atoms with Gasteiger partial charge in [0.1, 0.15) is 23.4 Å². The van der Waals surface area contributed by atoms with Gasteiger partial charge < -0.3 is 14.4 Å². The zero-order chi connectivity index (χ0) is 19.3. The molecule has 2 heterocycles. The Labute approximate surface area is 162 Å². The van der Waals surface area contributed by atoms with Gasteiger partial charge in [-0.05, 0) is 42.5 Å². The molecule has 4 rings (SSSR count). The van der Waals surface area contributed by atoms with Gasteiger partial charge in [-0.1, -0.05) is 18.2 Å². The van der Waals surface area contributed by atoms with Gasteiger partial charge in [0, 0.05) is 23.9 Å². The van der Waals surface area contributed by atoms with Gasteiger partial charge >= 0.3 is 0 Å². The minimum Gasteiger partial charge on any atom is -0.456 e. The molecular weight excluding hydrogens is 359 g/mol. The lowest BCUT2D eigenvalue weighted by Crippen LogP contribution is -2.42. The zero-order valence-corrected chi connectivity index (χ0v) is 15.1. The van der Waals surface area contributed by atoms with E-state index in [1.807, 2.05) is 6.07 Å². The molecule has 0 saturated carbocycles. The van der Waals surface area contributed by atoms with Crippen LogP contribution in [0.3, 0.4) is 0 Å². The summed E-state index contributed by atoms with van der Waals surface area (Å²) in [4.78, 5) is 18.6. The summed E-state index contributed by atoms with van der Waals surface area (Å²) in [5.74, 6) is 0.814. The quantitative estimate of drug-likeness (QED) is 0.682. The number of aromatic nitrogens is 1. The van der Waals surface area contributed by atoms with Crippen molar-refractivity contribution in [2.45, 2.75) is 6.10 Å². The average Bonchev–Trinajstić information content (AvgIpc) is 2.75. The van der Waals surface area contributed by atoms with Crippen LogP contribution in [0, 0.1) is 5.82 Å². The van der Waals surface area contributed by atoms with Crippen molar-refractivity contribution < 1.29 is 18.7 Å². The number of halogens is 1. The molecule has 28 heavy (non-hydrogen) atoms. The van der Waals surface area contributed by atoms with E-state index in [2.05, 4.69) is 4.98 Å². The molecule has 0 N–H and O–H groups in total. The van der Waals surface area contributed by atoms with Gasteiger partial charge in [-0.3, -0.25) is 9.78 Å². The predicted molar refractivity (Wildman–Crippen MR) is 102 cm³/mol. The fourth-order valence-electron chi connectivity index (χ4n) is 3.15. The maximum atomic E-state index is 14.0. The highest BCUT2D eigenvalue weighted by molar-refractivity contribution is 5.94. The Balaban J connectivity index is 1.44. The second-order valence-electron chi connectivity index (χ2n) is 6.45. The third kappa shape index (κ3) is 4.02. The molecule has 1 amide bonds. The van der Waals surface area contributed by atoms with Gasteiger partial charge in [-0.2, -0.15) is 0 Å². The number of hydrogen-bond acceptors (Lipinski definition) is 4. The summed E-state index contributed by atoms with van der Waals surface area (Å²) < 4.78 is 25.4. The summed E-state index contributed by atoms with van der Waals surface area (Å²) in [5.41, 5.74) is 1.02. The minimum atomic E-state index is -0.466. The summed E-state index contributed by atoms with van der Waals surface area (Å²) >= 11 is 0. The van der Waals surface area contributed by atoms with Crippen LogP contribution in [-0.4, -0.2) is 35.5 Å². The molecule has 0 spiro atoms. The van der Waals surface area contributed by atoms with Crippen molar-refractivity contribution in [3.63, 3.8) is 0 Å². The first-order valence-corrected chi connectivity index (χ1v) is 9.04. The summed E-state index contributed by atoms with van der Waals surface area (Å²) in [6.45, 7) is 1.15. The minimum absolute atomic E-state index is 0.113. The summed E-state index contributed by atoms with van der Waals surface area (Å²) in [6.07, 6.45) is 2.83. The molecular formula is C22H19FN2O3. The van der Waals surface area contributed by atoms with E-state index in [1.165, 1.54) is 6.07 Å². The van der Waals surface area contributed by atoms with E-state index in [-0.39, 0.29) is 11.7 Å². The van der Waals surface area contributed by atoms with Crippen LogP contribution in [-0.2, 0) is 4.74 Å². The summed E-state index contributed by atoms with van der Waals surface area (Å²) in [6, 6.07) is 17.0. The van der Waals surface area contributed by atoms with Crippen molar-refractivity contribution in [3.05, 3.63) is 90.0 Å². The SMILES string of the molecule is O=C(c1ccc(Oc2cccnc2)cc1)N1CCOC(c2ccccc2F)C1. The Kier molecular flexibility index (Phi) is 5.30. The maximum absolute atomic E-state index is 14.0. The highest BCUT2D eigenvalue weighted by atomic mass is 19.1. The third-order valence-corrected chi connectivity index (χ3v) is 4.58. The molecule has 1 aromatic heterocycles. The van der Waals surface area contributed by atoms with Crippen molar-refractivity contribution in [2.75, 3.05) is 19.7 Å². The van der Waals surface area contributed by atoms with Gasteiger partial charge in [-0.15, -0.1) is 0 Å². The van der Waals surface area contributed by atoms with Gasteiger partial charge in [-0.25, -0.2) is 4.39 Å². The first kappa shape index (κ1) is 18.1. The fraction of sp³-hybridized carbons (Fsp3) is 0.182. The largest absolute Gasteiger partial charge is 0.456 e. The van der Waals surface area contributed by atoms with Crippen LogP contribution in [0.2, 0.25) is 0 Å². The normalized spacial score (nSPS) is 16.6. The molecule has 1 unspecified atom stereocenters. The van der Waals surface area contributed by atoms with E-state index in [4.69, 9.17) is 9.47 Å². The molecule has 0 radical (unpaired) electrons. The molecule has 5 nitrogen and oxygen atoms in total. The fourth-order valence-corrected chi connectivity index (χ4v) is 3.15. The number of morpholine rings is 1. The molecule has 142 valence electrons. The summed E-state index contributed by atoms with van der Waals surface area (Å²) in [7, 11) is 0. The number of carbonyl (C=O) groups is 1. The lowest BCUT2D eigenvalue weighted by atomic mass is 10.1. The average molecular weight is 378 g/mol. The van der Waals surface area contributed by atoms with E-state index in [0.29, 0.717) is 42.3 Å². The van der Waals surface area contributed by atoms with Crippen LogP contribution in [0.5, 0.6) is 11.5 Å². The van der Waals surface area contributed by atoms with Crippen LogP contribution >= 0.6 is 0 Å². The predicted octanol–water partition coefficient (Wildman–Crippen LogP) is 4.23. The third-order valence-electron chi connectivity index (χ3n) is 4.58. The standard InChI is InChI=1S/C22H19FN2O3/c23-20-6-2-1-5-19(20)21-15-25(12-13-27-21)22(26)16-7-9-17(10-8-16)28-18-4-3-11-24-14-18/h1-11,14,21H,12-13,15H2. The molecule has 0 bridgehead atoms. The Hall–Kier alpha value is -3.25. The van der Waals surface area contributed by atoms with Crippen LogP contribution < -0.4 is 4.74 Å². The Morgan fingerprint density at radius 3 is 2.64 bits per heavy atom. The van der Waals surface area contributed by atoms with Gasteiger partial charge in [0.25, 0.3) is 5.91 Å². The summed E-state index contributed by atoms with van der Waals surface area (Å²) in [5, 5.41) is 0. The second kappa shape index (κ2) is 8.19. The monoisotopic (exact) mass is 378 g/mol. The van der Waals surface area contributed by atoms with Crippen LogP contribution in [0.15, 0.2) is 73.1 Å². The highest BCUT2D eigenvalue weighted by Gasteiger charge is 2.27. The zero-order valence-electron chi connectivity index (χ0n) is 15.1. The van der Waals surface area contributed by atoms with Crippen molar-refractivity contribution in [1.29, 1.82) is 0 Å². The number of amides is 1. The van der Waals surface area contributed by atoms with Crippen molar-refractivity contribution >= 4 is 5.91 Å². The topological polar surface area (TPSA) is 51.7 Å². The lowest BCUT2D eigenvalue weighted by Gasteiger charge is -2.33. The number of nitrogens with zero attached hydrogens (tertiary/aromatic N) is 2. The van der Waals surface area contributed by atoms with Crippen molar-refractivity contribution in [2.24, 2.45) is 0 Å². The highest BCUT2D eigenvalue weighted by Crippen LogP contribution is 2.26. The van der Waals surface area contributed by atoms with Gasteiger partial charge in [0.15, 0.2) is 0 Å². The molecule has 1 atom stereocenters. The first-order valence-electron chi connectivity index (χ1n) is 9.04. The molecule has 6 heteroatoms. The maximum Gasteiger partial charge on any atom is 0.254 e. The molecule has 2 aromatic carbocycles. The molecule has 1 aliphatic heterocycles. The van der Waals surface area contributed by atoms with E-state index >= 15 is 0 Å². The Morgan fingerprint density at radius 2 is 1.89 bits per heavy atom. The number of ether oxygens (including phenoxy) is 2. The van der Waals surface area contributed by atoms with E-state index in [1.54, 1.807) is 65.8 Å². The first-order chi connectivity index (χ1) is 13.7. The van der Waals surface area contributed by atoms with Crippen LogP contribution in [0.4, 0.5) is 4.39 Å². The van der Waals surface area contributed by atoms with E-state index in [9.17, 15) is 9.18 Å². The number of rotatable bonds is 4. The van der Waals surface area contributed by atoms with Gasteiger partial charge in [0.05, 0.1) is 19.3 Å². The van der Waals surface area contributed by atoms with Crippen LogP contribution in [0.1, 0.15) is 22.0 Å². The smallest absolute Gasteiger partial charge is 0.254 e. The molecule has 1 aliphatic rings. The van der Waals surface area contributed by atoms with E-state index in [0.717, 1.165) is 0 Å². The number of pyridine rings is 1. The molecule has 3 aromatic rings. The second-order valence-corrected chi connectivity index (χ2v) is 6.45. The van der Waals surface area contributed by atoms with Crippen molar-refractivity contribution in [1.82, 2.24) is 9.88 Å². The number of benzene rings is 2. The lowest BCUT2D eigenvalue weighted by molar-refractivity contribution is -0.0243. The van der Waals surface area contributed by atoms with E-state index < -0.39 is 6.10 Å². The number of hydrogen-bond donors (Lipinski definition) is 0. The van der Waals surface area contributed by atoms with Gasteiger partial charge in [0.2, 0.25) is 0 Å². The molecule has 1 fully saturated rings. The van der Waals surface area contributed by atoms with Crippen molar-refractivity contribution in [3.8, 4) is 11.5 Å².